The van der Waals surface area contributed by atoms with Crippen LogP contribution in [0.1, 0.15) is 18.4 Å². The molecule has 1 saturated heterocycles. The number of aliphatic hydroxyl groups is 1. The number of likely N-dealkylation sites (tertiary alicyclic amines) is 1. The van der Waals surface area contributed by atoms with Gasteiger partial charge in [-0.1, -0.05) is 0 Å². The molecule has 17 heavy (non-hydrogen) atoms. The molecule has 0 saturated carbocycles. The third-order valence-corrected chi connectivity index (χ3v) is 3.84. The molecule has 0 aromatic carbocycles. The highest BCUT2D eigenvalue weighted by Crippen LogP contribution is 2.22. The summed E-state index contributed by atoms with van der Waals surface area (Å²) in [5.74, 6) is -0.340. The van der Waals surface area contributed by atoms with Crippen LogP contribution in [0.2, 0.25) is 0 Å². The Hall–Kier alpha value is -0.910. The molecular weight excluding hydrogens is 238 g/mol. The van der Waals surface area contributed by atoms with Gasteiger partial charge in [-0.05, 0) is 41.8 Å². The minimum atomic E-state index is -0.616. The molecule has 1 aliphatic rings. The van der Waals surface area contributed by atoms with Crippen LogP contribution in [0.3, 0.4) is 0 Å². The molecule has 0 amide bonds. The zero-order valence-electron chi connectivity index (χ0n) is 9.83. The number of hydrogen-bond acceptors (Lipinski definition) is 5. The first-order valence-corrected chi connectivity index (χ1v) is 6.67. The second kappa shape index (κ2) is 5.62. The number of carbonyl (C=O) groups excluding carboxylic acids is 1. The van der Waals surface area contributed by atoms with E-state index in [1.54, 1.807) is 11.3 Å². The lowest BCUT2D eigenvalue weighted by Crippen LogP contribution is -2.52. The van der Waals surface area contributed by atoms with Crippen LogP contribution in [0.5, 0.6) is 0 Å². The normalized spacial score (nSPS) is 25.8. The molecule has 0 spiro atoms. The number of esters is 1. The molecule has 2 heterocycles. The van der Waals surface area contributed by atoms with Crippen molar-refractivity contribution >= 4 is 17.3 Å². The molecule has 0 unspecified atom stereocenters. The molecule has 1 aromatic rings. The van der Waals surface area contributed by atoms with E-state index in [-0.39, 0.29) is 5.97 Å². The highest BCUT2D eigenvalue weighted by Gasteiger charge is 2.36. The summed E-state index contributed by atoms with van der Waals surface area (Å²) >= 11 is 1.64. The number of ether oxygens (including phenoxy) is 1. The fraction of sp³-hybridized carbons (Fsp3) is 0.583. The summed E-state index contributed by atoms with van der Waals surface area (Å²) in [5, 5.41) is 14.0. The maximum absolute atomic E-state index is 11.7. The quantitative estimate of drug-likeness (QED) is 0.826. The number of thiophene rings is 1. The lowest BCUT2D eigenvalue weighted by atomic mass is 9.98. The van der Waals surface area contributed by atoms with Crippen molar-refractivity contribution in [2.45, 2.75) is 31.5 Å². The van der Waals surface area contributed by atoms with Gasteiger partial charge in [0.25, 0.3) is 0 Å². The molecule has 0 aliphatic carbocycles. The van der Waals surface area contributed by atoms with Crippen molar-refractivity contribution in [3.63, 3.8) is 0 Å². The number of methoxy groups -OCH3 is 1. The van der Waals surface area contributed by atoms with Gasteiger partial charge >= 0.3 is 5.97 Å². The van der Waals surface area contributed by atoms with Crippen molar-refractivity contribution in [2.24, 2.45) is 0 Å². The lowest BCUT2D eigenvalue weighted by Gasteiger charge is -2.36. The summed E-state index contributed by atoms with van der Waals surface area (Å²) in [6.45, 7) is 1.52. The third kappa shape index (κ3) is 2.86. The molecule has 0 radical (unpaired) electrons. The van der Waals surface area contributed by atoms with Crippen molar-refractivity contribution in [1.82, 2.24) is 4.90 Å². The van der Waals surface area contributed by atoms with Crippen LogP contribution in [0.4, 0.5) is 0 Å². The molecule has 94 valence electrons. The van der Waals surface area contributed by atoms with Crippen molar-refractivity contribution < 1.29 is 14.6 Å². The predicted molar refractivity (Wildman–Crippen MR) is 65.8 cm³/mol. The van der Waals surface area contributed by atoms with Crippen LogP contribution >= 0.6 is 11.3 Å². The molecular formula is C12H17NO3S. The van der Waals surface area contributed by atoms with E-state index in [1.807, 2.05) is 16.3 Å². The molecule has 5 heteroatoms. The van der Waals surface area contributed by atoms with Crippen LogP contribution < -0.4 is 0 Å². The van der Waals surface area contributed by atoms with Gasteiger partial charge in [-0.3, -0.25) is 9.69 Å². The summed E-state index contributed by atoms with van der Waals surface area (Å²) < 4.78 is 4.77. The first-order valence-electron chi connectivity index (χ1n) is 5.73. The predicted octanol–water partition coefficient (Wildman–Crippen LogP) is 1.25. The Morgan fingerprint density at radius 2 is 2.53 bits per heavy atom. The molecule has 1 fully saturated rings. The Morgan fingerprint density at radius 3 is 3.18 bits per heavy atom. The Morgan fingerprint density at radius 1 is 1.71 bits per heavy atom. The van der Waals surface area contributed by atoms with Crippen LogP contribution in [0.15, 0.2) is 16.8 Å². The monoisotopic (exact) mass is 255 g/mol. The highest BCUT2D eigenvalue weighted by molar-refractivity contribution is 7.07. The number of piperidine rings is 1. The van der Waals surface area contributed by atoms with Gasteiger partial charge in [0.05, 0.1) is 13.2 Å². The number of nitrogens with zero attached hydrogens (tertiary/aromatic N) is 1. The lowest BCUT2D eigenvalue weighted by molar-refractivity contribution is -0.154. The fourth-order valence-corrected chi connectivity index (χ4v) is 2.93. The second-order valence-corrected chi connectivity index (χ2v) is 5.06. The Bertz CT molecular complexity index is 366. The molecule has 4 nitrogen and oxygen atoms in total. The topological polar surface area (TPSA) is 49.8 Å². The minimum absolute atomic E-state index is 0.340. The molecule has 2 atom stereocenters. The van der Waals surface area contributed by atoms with Crippen LogP contribution in [-0.2, 0) is 16.1 Å². The van der Waals surface area contributed by atoms with Crippen molar-refractivity contribution in [1.29, 1.82) is 0 Å². The van der Waals surface area contributed by atoms with Gasteiger partial charge < -0.3 is 9.84 Å². The highest BCUT2D eigenvalue weighted by atomic mass is 32.1. The molecule has 1 N–H and O–H groups in total. The van der Waals surface area contributed by atoms with E-state index in [1.165, 1.54) is 12.7 Å². The number of carbonyl (C=O) groups is 1. The van der Waals surface area contributed by atoms with E-state index >= 15 is 0 Å². The first kappa shape index (κ1) is 12.5. The first-order chi connectivity index (χ1) is 8.22. The molecule has 1 aromatic heterocycles. The van der Waals surface area contributed by atoms with Gasteiger partial charge in [-0.25, -0.2) is 0 Å². The van der Waals surface area contributed by atoms with Gasteiger partial charge in [-0.15, -0.1) is 0 Å². The van der Waals surface area contributed by atoms with Gasteiger partial charge in [-0.2, -0.15) is 11.3 Å². The average Bonchev–Trinajstić information content (AvgIpc) is 2.81. The smallest absolute Gasteiger partial charge is 0.325 e. The maximum atomic E-state index is 11.7. The van der Waals surface area contributed by atoms with E-state index in [4.69, 9.17) is 4.74 Å². The largest absolute Gasteiger partial charge is 0.468 e. The van der Waals surface area contributed by atoms with Crippen LogP contribution in [0, 0.1) is 0 Å². The van der Waals surface area contributed by atoms with Crippen molar-refractivity contribution in [2.75, 3.05) is 13.7 Å². The molecule has 1 aliphatic heterocycles. The Balaban J connectivity index is 2.09. The van der Waals surface area contributed by atoms with E-state index in [9.17, 15) is 9.90 Å². The summed E-state index contributed by atoms with van der Waals surface area (Å²) in [7, 11) is 1.37. The van der Waals surface area contributed by atoms with Crippen molar-refractivity contribution in [3.8, 4) is 0 Å². The maximum Gasteiger partial charge on any atom is 0.325 e. The number of aliphatic hydroxyl groups excluding tert-OH is 1. The van der Waals surface area contributed by atoms with Gasteiger partial charge in [0, 0.05) is 6.54 Å². The summed E-state index contributed by atoms with van der Waals surface area (Å²) in [6.07, 6.45) is 0.966. The van der Waals surface area contributed by atoms with Gasteiger partial charge in [0.2, 0.25) is 0 Å². The van der Waals surface area contributed by atoms with Crippen LogP contribution in [0.25, 0.3) is 0 Å². The average molecular weight is 255 g/mol. The number of rotatable bonds is 3. The van der Waals surface area contributed by atoms with Gasteiger partial charge in [0.1, 0.15) is 6.04 Å². The molecule has 0 bridgehead atoms. The summed E-state index contributed by atoms with van der Waals surface area (Å²) in [4.78, 5) is 13.7. The van der Waals surface area contributed by atoms with E-state index < -0.39 is 12.1 Å². The van der Waals surface area contributed by atoms with E-state index in [0.29, 0.717) is 13.0 Å². The summed E-state index contributed by atoms with van der Waals surface area (Å²) in [5.41, 5.74) is 1.18. The molecule has 2 rings (SSSR count). The zero-order valence-corrected chi connectivity index (χ0v) is 10.7. The standard InChI is InChI=1S/C12H17NO3S/c1-16-12(15)11-10(14)3-2-5-13(11)7-9-4-6-17-8-9/h4,6,8,10-11,14H,2-3,5,7H2,1H3/t10-,11+/m1/s1. The Kier molecular flexibility index (Phi) is 4.15. The SMILES string of the molecule is COC(=O)[C@@H]1[C@H](O)CCCN1Cc1ccsc1. The van der Waals surface area contributed by atoms with E-state index in [0.717, 1.165) is 13.0 Å². The summed E-state index contributed by atoms with van der Waals surface area (Å²) in [6, 6.07) is 1.52. The van der Waals surface area contributed by atoms with Crippen molar-refractivity contribution in [3.05, 3.63) is 22.4 Å². The van der Waals surface area contributed by atoms with E-state index in [2.05, 4.69) is 5.38 Å². The third-order valence-electron chi connectivity index (χ3n) is 3.11. The zero-order chi connectivity index (χ0) is 12.3. The number of hydrogen-bond donors (Lipinski definition) is 1. The Labute approximate surface area is 105 Å². The fourth-order valence-electron chi connectivity index (χ4n) is 2.27. The van der Waals surface area contributed by atoms with Crippen LogP contribution in [-0.4, -0.2) is 41.8 Å². The van der Waals surface area contributed by atoms with Gasteiger partial charge in [0.15, 0.2) is 0 Å². The minimum Gasteiger partial charge on any atom is -0.468 e. The second-order valence-electron chi connectivity index (χ2n) is 4.28.